The van der Waals surface area contributed by atoms with Crippen LogP contribution in [0.1, 0.15) is 46.0 Å². The molecule has 0 aromatic heterocycles. The standard InChI is InChI=1S/C15H32N2O/c1-4-14-6-8-15(9-7-14)17(3)12-10-16-11-13-18-5-2/h14-16H,4-13H2,1-3H3. The fraction of sp³-hybridized carbons (Fsp3) is 1.00. The second-order valence-electron chi connectivity index (χ2n) is 5.51. The van der Waals surface area contributed by atoms with Crippen molar-refractivity contribution in [2.45, 2.75) is 52.0 Å². The predicted molar refractivity (Wildman–Crippen MR) is 78.0 cm³/mol. The molecule has 1 rings (SSSR count). The third kappa shape index (κ3) is 6.17. The lowest BCUT2D eigenvalue weighted by Gasteiger charge is -2.34. The molecule has 1 aliphatic carbocycles. The molecule has 0 aromatic rings. The molecule has 0 spiro atoms. The van der Waals surface area contributed by atoms with E-state index in [0.29, 0.717) is 0 Å². The molecule has 0 aliphatic heterocycles. The van der Waals surface area contributed by atoms with Crippen LogP contribution in [0.3, 0.4) is 0 Å². The summed E-state index contributed by atoms with van der Waals surface area (Å²) in [5.41, 5.74) is 0. The number of hydrogen-bond donors (Lipinski definition) is 1. The highest BCUT2D eigenvalue weighted by atomic mass is 16.5. The van der Waals surface area contributed by atoms with Crippen LogP contribution < -0.4 is 5.32 Å². The summed E-state index contributed by atoms with van der Waals surface area (Å²) in [6.07, 6.45) is 7.03. The minimum atomic E-state index is 0.821. The van der Waals surface area contributed by atoms with Crippen LogP contribution in [-0.4, -0.2) is 50.8 Å². The van der Waals surface area contributed by atoms with E-state index in [1.165, 1.54) is 32.1 Å². The fourth-order valence-electron chi connectivity index (χ4n) is 2.85. The Labute approximate surface area is 113 Å². The SMILES string of the molecule is CCOCCNCCN(C)C1CCC(CC)CC1. The first kappa shape index (κ1) is 15.9. The predicted octanol–water partition coefficient (Wildman–Crippen LogP) is 2.51. The Hall–Kier alpha value is -0.120. The highest BCUT2D eigenvalue weighted by molar-refractivity contribution is 4.77. The summed E-state index contributed by atoms with van der Waals surface area (Å²) < 4.78 is 5.30. The summed E-state index contributed by atoms with van der Waals surface area (Å²) in [7, 11) is 2.28. The molecule has 1 aliphatic rings. The molecule has 1 saturated carbocycles. The van der Waals surface area contributed by atoms with Crippen LogP contribution in [0, 0.1) is 5.92 Å². The van der Waals surface area contributed by atoms with Gasteiger partial charge in [-0.1, -0.05) is 13.3 Å². The zero-order valence-electron chi connectivity index (χ0n) is 12.6. The molecule has 0 bridgehead atoms. The van der Waals surface area contributed by atoms with E-state index in [1.807, 2.05) is 6.92 Å². The van der Waals surface area contributed by atoms with Gasteiger partial charge in [-0.2, -0.15) is 0 Å². The Morgan fingerprint density at radius 3 is 2.44 bits per heavy atom. The van der Waals surface area contributed by atoms with Crippen molar-refractivity contribution in [3.63, 3.8) is 0 Å². The van der Waals surface area contributed by atoms with Crippen molar-refractivity contribution in [2.75, 3.05) is 39.9 Å². The maximum absolute atomic E-state index is 5.30. The van der Waals surface area contributed by atoms with Crippen LogP contribution in [0.25, 0.3) is 0 Å². The largest absolute Gasteiger partial charge is 0.380 e. The summed E-state index contributed by atoms with van der Waals surface area (Å²) in [5.74, 6) is 0.999. The summed E-state index contributed by atoms with van der Waals surface area (Å²) in [5, 5.41) is 3.44. The van der Waals surface area contributed by atoms with Gasteiger partial charge in [0.25, 0.3) is 0 Å². The monoisotopic (exact) mass is 256 g/mol. The van der Waals surface area contributed by atoms with Gasteiger partial charge in [0, 0.05) is 32.3 Å². The molecule has 0 radical (unpaired) electrons. The Balaban J connectivity index is 2.01. The molecule has 3 nitrogen and oxygen atoms in total. The summed E-state index contributed by atoms with van der Waals surface area (Å²) in [6, 6.07) is 0.821. The van der Waals surface area contributed by atoms with E-state index in [2.05, 4.69) is 24.2 Å². The van der Waals surface area contributed by atoms with E-state index in [4.69, 9.17) is 4.74 Å². The van der Waals surface area contributed by atoms with E-state index in [1.54, 1.807) is 0 Å². The lowest BCUT2D eigenvalue weighted by atomic mass is 9.84. The molecule has 0 saturated heterocycles. The first-order valence-corrected chi connectivity index (χ1v) is 7.76. The molecule has 1 fully saturated rings. The minimum Gasteiger partial charge on any atom is -0.380 e. The molecule has 108 valence electrons. The summed E-state index contributed by atoms with van der Waals surface area (Å²) in [4.78, 5) is 2.54. The Kier molecular flexibility index (Phi) is 8.64. The van der Waals surface area contributed by atoms with Gasteiger partial charge in [0.05, 0.1) is 6.61 Å². The fourth-order valence-corrected chi connectivity index (χ4v) is 2.85. The number of likely N-dealkylation sites (N-methyl/N-ethyl adjacent to an activating group) is 1. The van der Waals surface area contributed by atoms with Crippen molar-refractivity contribution in [3.8, 4) is 0 Å². The molecule has 0 heterocycles. The van der Waals surface area contributed by atoms with Gasteiger partial charge >= 0.3 is 0 Å². The lowest BCUT2D eigenvalue weighted by Crippen LogP contribution is -2.39. The van der Waals surface area contributed by atoms with E-state index in [-0.39, 0.29) is 0 Å². The van der Waals surface area contributed by atoms with Crippen molar-refractivity contribution < 1.29 is 4.74 Å². The molecule has 3 heteroatoms. The van der Waals surface area contributed by atoms with Crippen LogP contribution in [0.5, 0.6) is 0 Å². The van der Waals surface area contributed by atoms with Crippen LogP contribution in [-0.2, 0) is 4.74 Å². The number of rotatable bonds is 9. The number of ether oxygens (including phenoxy) is 1. The molecule has 18 heavy (non-hydrogen) atoms. The van der Waals surface area contributed by atoms with Gasteiger partial charge in [0.2, 0.25) is 0 Å². The molecule has 0 amide bonds. The van der Waals surface area contributed by atoms with E-state index >= 15 is 0 Å². The topological polar surface area (TPSA) is 24.5 Å². The third-order valence-electron chi connectivity index (χ3n) is 4.29. The Bertz CT molecular complexity index is 191. The smallest absolute Gasteiger partial charge is 0.0590 e. The van der Waals surface area contributed by atoms with Gasteiger partial charge in [-0.05, 0) is 45.6 Å². The van der Waals surface area contributed by atoms with Crippen molar-refractivity contribution in [3.05, 3.63) is 0 Å². The number of nitrogens with zero attached hydrogens (tertiary/aromatic N) is 1. The second kappa shape index (κ2) is 9.76. The van der Waals surface area contributed by atoms with Gasteiger partial charge in [-0.25, -0.2) is 0 Å². The minimum absolute atomic E-state index is 0.821. The highest BCUT2D eigenvalue weighted by Crippen LogP contribution is 2.28. The molecule has 1 N–H and O–H groups in total. The van der Waals surface area contributed by atoms with Gasteiger partial charge in [0.1, 0.15) is 0 Å². The van der Waals surface area contributed by atoms with Crippen LogP contribution in [0.4, 0.5) is 0 Å². The van der Waals surface area contributed by atoms with Crippen LogP contribution in [0.15, 0.2) is 0 Å². The first-order valence-electron chi connectivity index (χ1n) is 7.76. The molecular formula is C15H32N2O. The zero-order chi connectivity index (χ0) is 13.2. The quantitative estimate of drug-likeness (QED) is 0.642. The van der Waals surface area contributed by atoms with Crippen molar-refractivity contribution in [1.82, 2.24) is 10.2 Å². The third-order valence-corrected chi connectivity index (χ3v) is 4.29. The van der Waals surface area contributed by atoms with E-state index in [9.17, 15) is 0 Å². The number of nitrogens with one attached hydrogen (secondary N) is 1. The first-order chi connectivity index (χ1) is 8.77. The Morgan fingerprint density at radius 1 is 1.11 bits per heavy atom. The lowest BCUT2D eigenvalue weighted by molar-refractivity contribution is 0.143. The zero-order valence-corrected chi connectivity index (χ0v) is 12.6. The van der Waals surface area contributed by atoms with Gasteiger partial charge < -0.3 is 15.0 Å². The van der Waals surface area contributed by atoms with E-state index in [0.717, 1.165) is 44.8 Å². The maximum atomic E-state index is 5.30. The molecular weight excluding hydrogens is 224 g/mol. The van der Waals surface area contributed by atoms with Gasteiger partial charge in [0.15, 0.2) is 0 Å². The van der Waals surface area contributed by atoms with Crippen LogP contribution in [0.2, 0.25) is 0 Å². The average Bonchev–Trinajstić information content (AvgIpc) is 2.42. The van der Waals surface area contributed by atoms with Crippen LogP contribution >= 0.6 is 0 Å². The van der Waals surface area contributed by atoms with Crippen molar-refractivity contribution in [2.24, 2.45) is 5.92 Å². The van der Waals surface area contributed by atoms with Crippen molar-refractivity contribution >= 4 is 0 Å². The van der Waals surface area contributed by atoms with Gasteiger partial charge in [-0.15, -0.1) is 0 Å². The summed E-state index contributed by atoms with van der Waals surface area (Å²) >= 11 is 0. The van der Waals surface area contributed by atoms with E-state index < -0.39 is 0 Å². The average molecular weight is 256 g/mol. The second-order valence-corrected chi connectivity index (χ2v) is 5.51. The normalized spacial score (nSPS) is 24.7. The Morgan fingerprint density at radius 2 is 1.83 bits per heavy atom. The highest BCUT2D eigenvalue weighted by Gasteiger charge is 2.22. The molecule has 0 unspecified atom stereocenters. The number of hydrogen-bond acceptors (Lipinski definition) is 3. The van der Waals surface area contributed by atoms with Gasteiger partial charge in [-0.3, -0.25) is 0 Å². The summed E-state index contributed by atoms with van der Waals surface area (Å²) in [6.45, 7) is 9.25. The molecule has 0 aromatic carbocycles. The van der Waals surface area contributed by atoms with Crippen molar-refractivity contribution in [1.29, 1.82) is 0 Å². The molecule has 0 atom stereocenters. The maximum Gasteiger partial charge on any atom is 0.0590 e.